The van der Waals surface area contributed by atoms with Gasteiger partial charge in [-0.05, 0) is 18.4 Å². The molecule has 0 aliphatic carbocycles. The van der Waals surface area contributed by atoms with Gasteiger partial charge in [0.2, 0.25) is 11.2 Å². The third-order valence-corrected chi connectivity index (χ3v) is 3.34. The van der Waals surface area contributed by atoms with E-state index in [1.165, 1.54) is 12.3 Å². The van der Waals surface area contributed by atoms with Crippen molar-refractivity contribution in [2.45, 2.75) is 6.92 Å². The largest absolute Gasteiger partial charge is 0.489 e. The third kappa shape index (κ3) is 2.96. The molecule has 22 heavy (non-hydrogen) atoms. The molecule has 4 nitrogen and oxygen atoms in total. The van der Waals surface area contributed by atoms with Crippen molar-refractivity contribution in [3.05, 3.63) is 70.8 Å². The van der Waals surface area contributed by atoms with Crippen LogP contribution in [-0.4, -0.2) is 13.2 Å². The topological polar surface area (TPSA) is 48.7 Å². The minimum atomic E-state index is -0.186. The molecule has 4 heteroatoms. The van der Waals surface area contributed by atoms with Crippen LogP contribution >= 0.6 is 0 Å². The number of hydrogen-bond donors (Lipinski definition) is 0. The third-order valence-electron chi connectivity index (χ3n) is 3.34. The van der Waals surface area contributed by atoms with Crippen LogP contribution in [-0.2, 0) is 0 Å². The first kappa shape index (κ1) is 14.2. The monoisotopic (exact) mass is 296 g/mol. The minimum absolute atomic E-state index is 0.186. The van der Waals surface area contributed by atoms with E-state index in [0.29, 0.717) is 12.4 Å². The Hall–Kier alpha value is -2.75. The summed E-state index contributed by atoms with van der Waals surface area (Å²) in [6.07, 6.45) is 1.36. The van der Waals surface area contributed by atoms with E-state index in [1.807, 2.05) is 42.5 Å². The summed E-state index contributed by atoms with van der Waals surface area (Å²) < 4.78 is 16.4. The summed E-state index contributed by atoms with van der Waals surface area (Å²) in [4.78, 5) is 11.7. The van der Waals surface area contributed by atoms with E-state index >= 15 is 0 Å². The SMILES string of the molecule is Cc1occc(=O)c1OCCOc1cccc2ccccc12. The Morgan fingerprint density at radius 3 is 2.59 bits per heavy atom. The second-order valence-corrected chi connectivity index (χ2v) is 4.84. The smallest absolute Gasteiger partial charge is 0.226 e. The molecule has 0 amide bonds. The lowest BCUT2D eigenvalue weighted by Gasteiger charge is -2.10. The average molecular weight is 296 g/mol. The minimum Gasteiger partial charge on any atom is -0.489 e. The summed E-state index contributed by atoms with van der Waals surface area (Å²) >= 11 is 0. The van der Waals surface area contributed by atoms with Gasteiger partial charge < -0.3 is 13.9 Å². The van der Waals surface area contributed by atoms with Crippen molar-refractivity contribution in [1.82, 2.24) is 0 Å². The van der Waals surface area contributed by atoms with Crippen LogP contribution in [0.1, 0.15) is 5.76 Å². The van der Waals surface area contributed by atoms with Gasteiger partial charge in [-0.25, -0.2) is 0 Å². The predicted octanol–water partition coefficient (Wildman–Crippen LogP) is 3.56. The molecule has 112 valence electrons. The van der Waals surface area contributed by atoms with E-state index in [-0.39, 0.29) is 17.8 Å². The zero-order valence-electron chi connectivity index (χ0n) is 12.2. The van der Waals surface area contributed by atoms with Crippen LogP contribution in [0.25, 0.3) is 10.8 Å². The normalized spacial score (nSPS) is 10.6. The molecule has 0 saturated heterocycles. The van der Waals surface area contributed by atoms with Gasteiger partial charge in [0, 0.05) is 11.5 Å². The fourth-order valence-corrected chi connectivity index (χ4v) is 2.29. The summed E-state index contributed by atoms with van der Waals surface area (Å²) in [6, 6.07) is 15.3. The van der Waals surface area contributed by atoms with Gasteiger partial charge in [0.1, 0.15) is 24.7 Å². The molecule has 0 bridgehead atoms. The molecule has 1 aromatic heterocycles. The highest BCUT2D eigenvalue weighted by molar-refractivity contribution is 5.88. The molecule has 0 saturated carbocycles. The standard InChI is InChI=1S/C18H16O4/c1-13-18(16(19)9-10-20-13)22-12-11-21-17-8-4-6-14-5-2-3-7-15(14)17/h2-10H,11-12H2,1H3. The van der Waals surface area contributed by atoms with Crippen molar-refractivity contribution in [3.63, 3.8) is 0 Å². The number of rotatable bonds is 5. The summed E-state index contributed by atoms with van der Waals surface area (Å²) in [7, 11) is 0. The maximum atomic E-state index is 11.7. The molecule has 3 rings (SSSR count). The van der Waals surface area contributed by atoms with Gasteiger partial charge in [0.15, 0.2) is 0 Å². The highest BCUT2D eigenvalue weighted by Crippen LogP contribution is 2.25. The molecule has 3 aromatic rings. The van der Waals surface area contributed by atoms with Gasteiger partial charge in [0.25, 0.3) is 0 Å². The zero-order valence-corrected chi connectivity index (χ0v) is 12.2. The van der Waals surface area contributed by atoms with Crippen LogP contribution in [0.5, 0.6) is 11.5 Å². The Morgan fingerprint density at radius 2 is 1.73 bits per heavy atom. The number of fused-ring (bicyclic) bond motifs is 1. The molecule has 0 unspecified atom stereocenters. The maximum Gasteiger partial charge on any atom is 0.226 e. The van der Waals surface area contributed by atoms with Gasteiger partial charge in [0.05, 0.1) is 6.26 Å². The van der Waals surface area contributed by atoms with Crippen molar-refractivity contribution < 1.29 is 13.9 Å². The molecule has 0 radical (unpaired) electrons. The lowest BCUT2D eigenvalue weighted by molar-refractivity contribution is 0.212. The van der Waals surface area contributed by atoms with Gasteiger partial charge in [-0.2, -0.15) is 0 Å². The molecule has 1 heterocycles. The first-order chi connectivity index (χ1) is 10.8. The molecule has 0 N–H and O–H groups in total. The lowest BCUT2D eigenvalue weighted by Crippen LogP contribution is -2.14. The molecule has 0 aliphatic rings. The first-order valence-corrected chi connectivity index (χ1v) is 7.07. The average Bonchev–Trinajstić information content (AvgIpc) is 2.54. The Bertz CT molecular complexity index is 830. The lowest BCUT2D eigenvalue weighted by atomic mass is 10.1. The summed E-state index contributed by atoms with van der Waals surface area (Å²) in [5, 5.41) is 2.18. The van der Waals surface area contributed by atoms with Crippen LogP contribution < -0.4 is 14.9 Å². The first-order valence-electron chi connectivity index (χ1n) is 7.07. The Balaban J connectivity index is 1.65. The van der Waals surface area contributed by atoms with E-state index in [4.69, 9.17) is 13.9 Å². The van der Waals surface area contributed by atoms with Crippen molar-refractivity contribution in [2.75, 3.05) is 13.2 Å². The highest BCUT2D eigenvalue weighted by atomic mass is 16.5. The van der Waals surface area contributed by atoms with Gasteiger partial charge in [-0.3, -0.25) is 4.79 Å². The van der Waals surface area contributed by atoms with E-state index in [0.717, 1.165) is 16.5 Å². The molecule has 0 fully saturated rings. The highest BCUT2D eigenvalue weighted by Gasteiger charge is 2.06. The quantitative estimate of drug-likeness (QED) is 0.675. The van der Waals surface area contributed by atoms with Crippen LogP contribution in [0, 0.1) is 6.92 Å². The van der Waals surface area contributed by atoms with Crippen molar-refractivity contribution in [2.24, 2.45) is 0 Å². The molecular formula is C18H16O4. The van der Waals surface area contributed by atoms with Crippen molar-refractivity contribution in [3.8, 4) is 11.5 Å². The number of aryl methyl sites for hydroxylation is 1. The van der Waals surface area contributed by atoms with Gasteiger partial charge >= 0.3 is 0 Å². The van der Waals surface area contributed by atoms with Crippen LogP contribution in [0.2, 0.25) is 0 Å². The number of ether oxygens (including phenoxy) is 2. The van der Waals surface area contributed by atoms with Crippen LogP contribution in [0.4, 0.5) is 0 Å². The number of hydrogen-bond acceptors (Lipinski definition) is 4. The summed E-state index contributed by atoms with van der Waals surface area (Å²) in [5.74, 6) is 1.51. The fraction of sp³-hybridized carbons (Fsp3) is 0.167. The maximum absolute atomic E-state index is 11.7. The summed E-state index contributed by atoms with van der Waals surface area (Å²) in [6.45, 7) is 2.32. The Labute approximate surface area is 127 Å². The van der Waals surface area contributed by atoms with E-state index < -0.39 is 0 Å². The van der Waals surface area contributed by atoms with E-state index in [1.54, 1.807) is 6.92 Å². The molecular weight excluding hydrogens is 280 g/mol. The van der Waals surface area contributed by atoms with E-state index in [2.05, 4.69) is 0 Å². The fourth-order valence-electron chi connectivity index (χ4n) is 2.29. The molecule has 0 atom stereocenters. The predicted molar refractivity (Wildman–Crippen MR) is 84.7 cm³/mol. The zero-order chi connectivity index (χ0) is 15.4. The molecule has 2 aromatic carbocycles. The van der Waals surface area contributed by atoms with Crippen LogP contribution in [0.15, 0.2) is 64.0 Å². The molecule has 0 spiro atoms. The Morgan fingerprint density at radius 1 is 0.955 bits per heavy atom. The number of benzene rings is 2. The second-order valence-electron chi connectivity index (χ2n) is 4.84. The van der Waals surface area contributed by atoms with Crippen molar-refractivity contribution in [1.29, 1.82) is 0 Å². The molecule has 0 aliphatic heterocycles. The summed E-state index contributed by atoms with van der Waals surface area (Å²) in [5.41, 5.74) is -0.186. The van der Waals surface area contributed by atoms with E-state index in [9.17, 15) is 4.79 Å². The van der Waals surface area contributed by atoms with Gasteiger partial charge in [-0.1, -0.05) is 36.4 Å². The second kappa shape index (κ2) is 6.35. The van der Waals surface area contributed by atoms with Crippen molar-refractivity contribution >= 4 is 10.8 Å². The Kier molecular flexibility index (Phi) is 4.10. The van der Waals surface area contributed by atoms with Gasteiger partial charge in [-0.15, -0.1) is 0 Å². The van der Waals surface area contributed by atoms with Crippen LogP contribution in [0.3, 0.4) is 0 Å².